The average molecular weight is 382 g/mol. The molecule has 0 radical (unpaired) electrons. The van der Waals surface area contributed by atoms with Crippen LogP contribution in [-0.2, 0) is 6.54 Å². The van der Waals surface area contributed by atoms with E-state index in [-0.39, 0.29) is 6.04 Å². The van der Waals surface area contributed by atoms with Crippen LogP contribution >= 0.6 is 38.9 Å². The van der Waals surface area contributed by atoms with Gasteiger partial charge in [-0.05, 0) is 36.8 Å². The zero-order valence-electron chi connectivity index (χ0n) is 11.4. The van der Waals surface area contributed by atoms with Crippen molar-refractivity contribution in [2.45, 2.75) is 19.5 Å². The quantitative estimate of drug-likeness (QED) is 0.639. The summed E-state index contributed by atoms with van der Waals surface area (Å²) < 4.78 is 2.22. The SMILES string of the molecule is CC(NCc1nc2ccccc2s1)c1ccc(Br)cc1Cl. The Bertz CT molecular complexity index is 739. The number of nitrogens with zero attached hydrogens (tertiary/aromatic N) is 1. The van der Waals surface area contributed by atoms with Crippen LogP contribution in [0.2, 0.25) is 5.02 Å². The second kappa shape index (κ2) is 6.44. The minimum Gasteiger partial charge on any atom is -0.304 e. The predicted molar refractivity (Wildman–Crippen MR) is 94.0 cm³/mol. The lowest BCUT2D eigenvalue weighted by Gasteiger charge is -2.15. The number of hydrogen-bond acceptors (Lipinski definition) is 3. The first-order chi connectivity index (χ1) is 10.1. The molecule has 0 spiro atoms. The predicted octanol–water partition coefficient (Wildman–Crippen LogP) is 5.56. The minimum absolute atomic E-state index is 0.178. The van der Waals surface area contributed by atoms with Gasteiger partial charge in [0.1, 0.15) is 5.01 Å². The third-order valence-corrected chi connectivity index (χ3v) is 5.18. The number of halogens is 2. The van der Waals surface area contributed by atoms with Gasteiger partial charge < -0.3 is 5.32 Å². The Morgan fingerprint density at radius 1 is 1.29 bits per heavy atom. The van der Waals surface area contributed by atoms with Crippen molar-refractivity contribution in [3.8, 4) is 0 Å². The van der Waals surface area contributed by atoms with Crippen LogP contribution in [0, 0.1) is 0 Å². The fourth-order valence-electron chi connectivity index (χ4n) is 2.20. The molecule has 5 heteroatoms. The van der Waals surface area contributed by atoms with E-state index in [1.54, 1.807) is 11.3 Å². The summed E-state index contributed by atoms with van der Waals surface area (Å²) in [5.41, 5.74) is 2.16. The van der Waals surface area contributed by atoms with Crippen LogP contribution < -0.4 is 5.32 Å². The van der Waals surface area contributed by atoms with Gasteiger partial charge in [0.15, 0.2) is 0 Å². The van der Waals surface area contributed by atoms with Gasteiger partial charge in [-0.3, -0.25) is 0 Å². The van der Waals surface area contributed by atoms with Crippen LogP contribution in [0.4, 0.5) is 0 Å². The van der Waals surface area contributed by atoms with Crippen LogP contribution in [0.15, 0.2) is 46.9 Å². The highest BCUT2D eigenvalue weighted by Gasteiger charge is 2.11. The Morgan fingerprint density at radius 3 is 2.86 bits per heavy atom. The lowest BCUT2D eigenvalue weighted by Crippen LogP contribution is -2.18. The number of rotatable bonds is 4. The first-order valence-corrected chi connectivity index (χ1v) is 8.65. The van der Waals surface area contributed by atoms with E-state index in [0.29, 0.717) is 0 Å². The molecule has 3 aromatic rings. The van der Waals surface area contributed by atoms with E-state index in [9.17, 15) is 0 Å². The van der Waals surface area contributed by atoms with Gasteiger partial charge in [0.2, 0.25) is 0 Å². The number of fused-ring (bicyclic) bond motifs is 1. The molecule has 0 saturated carbocycles. The average Bonchev–Trinajstić information content (AvgIpc) is 2.87. The zero-order valence-corrected chi connectivity index (χ0v) is 14.6. The van der Waals surface area contributed by atoms with Crippen LogP contribution in [0.3, 0.4) is 0 Å². The Hall–Kier alpha value is -0.940. The van der Waals surface area contributed by atoms with Gasteiger partial charge >= 0.3 is 0 Å². The van der Waals surface area contributed by atoms with Gasteiger partial charge in [-0.2, -0.15) is 0 Å². The number of aromatic nitrogens is 1. The zero-order chi connectivity index (χ0) is 14.8. The van der Waals surface area contributed by atoms with E-state index in [2.05, 4.69) is 39.2 Å². The summed E-state index contributed by atoms with van der Waals surface area (Å²) in [6, 6.07) is 14.4. The van der Waals surface area contributed by atoms with Gasteiger partial charge in [0.05, 0.1) is 10.2 Å². The van der Waals surface area contributed by atoms with Crippen molar-refractivity contribution in [1.29, 1.82) is 0 Å². The van der Waals surface area contributed by atoms with E-state index >= 15 is 0 Å². The van der Waals surface area contributed by atoms with E-state index in [4.69, 9.17) is 11.6 Å². The summed E-state index contributed by atoms with van der Waals surface area (Å²) in [5.74, 6) is 0. The van der Waals surface area contributed by atoms with E-state index in [1.165, 1.54) is 4.70 Å². The number of para-hydroxylation sites is 1. The van der Waals surface area contributed by atoms with Crippen molar-refractivity contribution in [2.24, 2.45) is 0 Å². The summed E-state index contributed by atoms with van der Waals surface area (Å²) in [5, 5.41) is 5.35. The molecular weight excluding hydrogens is 368 g/mol. The summed E-state index contributed by atoms with van der Waals surface area (Å²) >= 11 is 11.4. The molecule has 0 bridgehead atoms. The first kappa shape index (κ1) is 15.0. The fourth-order valence-corrected chi connectivity index (χ4v) is 3.95. The van der Waals surface area contributed by atoms with Crippen molar-refractivity contribution < 1.29 is 0 Å². The molecule has 1 aromatic heterocycles. The van der Waals surface area contributed by atoms with Crippen LogP contribution in [0.25, 0.3) is 10.2 Å². The third-order valence-electron chi connectivity index (χ3n) is 3.33. The number of thiazole rings is 1. The van der Waals surface area contributed by atoms with E-state index < -0.39 is 0 Å². The first-order valence-electron chi connectivity index (χ1n) is 6.66. The topological polar surface area (TPSA) is 24.9 Å². The normalized spacial score (nSPS) is 12.7. The Balaban J connectivity index is 1.71. The summed E-state index contributed by atoms with van der Waals surface area (Å²) in [7, 11) is 0. The second-order valence-electron chi connectivity index (χ2n) is 4.84. The van der Waals surface area contributed by atoms with Gasteiger partial charge in [-0.15, -0.1) is 11.3 Å². The number of hydrogen-bond donors (Lipinski definition) is 1. The maximum absolute atomic E-state index is 6.29. The molecule has 1 atom stereocenters. The Morgan fingerprint density at radius 2 is 2.10 bits per heavy atom. The minimum atomic E-state index is 0.178. The van der Waals surface area contributed by atoms with Crippen molar-refractivity contribution in [1.82, 2.24) is 10.3 Å². The monoisotopic (exact) mass is 380 g/mol. The molecule has 1 heterocycles. The smallest absolute Gasteiger partial charge is 0.108 e. The largest absolute Gasteiger partial charge is 0.304 e. The van der Waals surface area contributed by atoms with Gasteiger partial charge in [-0.1, -0.05) is 45.7 Å². The summed E-state index contributed by atoms with van der Waals surface area (Å²) in [6.07, 6.45) is 0. The highest BCUT2D eigenvalue weighted by Crippen LogP contribution is 2.27. The van der Waals surface area contributed by atoms with Gasteiger partial charge in [0, 0.05) is 22.1 Å². The molecule has 0 fully saturated rings. The molecule has 0 amide bonds. The van der Waals surface area contributed by atoms with Gasteiger partial charge in [-0.25, -0.2) is 4.98 Å². The molecule has 1 unspecified atom stereocenters. The lowest BCUT2D eigenvalue weighted by atomic mass is 10.1. The molecule has 21 heavy (non-hydrogen) atoms. The molecule has 3 rings (SSSR count). The van der Waals surface area contributed by atoms with Crippen LogP contribution in [0.1, 0.15) is 23.5 Å². The van der Waals surface area contributed by atoms with Gasteiger partial charge in [0.25, 0.3) is 0 Å². The van der Waals surface area contributed by atoms with Crippen molar-refractivity contribution in [3.63, 3.8) is 0 Å². The molecule has 0 aliphatic carbocycles. The van der Waals surface area contributed by atoms with Crippen molar-refractivity contribution in [2.75, 3.05) is 0 Å². The molecule has 0 aliphatic heterocycles. The highest BCUT2D eigenvalue weighted by molar-refractivity contribution is 9.10. The number of benzene rings is 2. The summed E-state index contributed by atoms with van der Waals surface area (Å²) in [6.45, 7) is 2.86. The second-order valence-corrected chi connectivity index (χ2v) is 7.28. The molecular formula is C16H14BrClN2S. The third kappa shape index (κ3) is 3.46. The Kier molecular flexibility index (Phi) is 4.60. The Labute approximate surface area is 141 Å². The van der Waals surface area contributed by atoms with E-state index in [1.807, 2.05) is 36.4 Å². The lowest BCUT2D eigenvalue weighted by molar-refractivity contribution is 0.574. The van der Waals surface area contributed by atoms with Crippen molar-refractivity contribution >= 4 is 49.1 Å². The molecule has 0 aliphatic rings. The standard InChI is InChI=1S/C16H14BrClN2S/c1-10(12-7-6-11(17)8-13(12)18)19-9-16-20-14-4-2-3-5-15(14)21-16/h2-8,10,19H,9H2,1H3. The van der Waals surface area contributed by atoms with Crippen LogP contribution in [0.5, 0.6) is 0 Å². The number of nitrogens with one attached hydrogen (secondary N) is 1. The molecule has 108 valence electrons. The molecule has 2 nitrogen and oxygen atoms in total. The molecule has 2 aromatic carbocycles. The molecule has 0 saturated heterocycles. The highest BCUT2D eigenvalue weighted by atomic mass is 79.9. The molecule has 1 N–H and O–H groups in total. The summed E-state index contributed by atoms with van der Waals surface area (Å²) in [4.78, 5) is 4.63. The van der Waals surface area contributed by atoms with Crippen LogP contribution in [-0.4, -0.2) is 4.98 Å². The maximum atomic E-state index is 6.29. The van der Waals surface area contributed by atoms with E-state index in [0.717, 1.165) is 32.1 Å². The van der Waals surface area contributed by atoms with Crippen molar-refractivity contribution in [3.05, 3.63) is 62.5 Å². The maximum Gasteiger partial charge on any atom is 0.108 e. The fraction of sp³-hybridized carbons (Fsp3) is 0.188.